The summed E-state index contributed by atoms with van der Waals surface area (Å²) in [7, 11) is 0. The molecule has 4 rings (SSSR count). The van der Waals surface area contributed by atoms with Crippen molar-refractivity contribution in [1.82, 2.24) is 10.3 Å². The molecule has 0 bridgehead atoms. The molecule has 3 aliphatic rings. The molecule has 3 aliphatic heterocycles. The molecule has 0 spiro atoms. The Kier molecular flexibility index (Phi) is 5.69. The first kappa shape index (κ1) is 23.2. The molecule has 33 heavy (non-hydrogen) atoms. The zero-order valence-corrected chi connectivity index (χ0v) is 19.0. The van der Waals surface area contributed by atoms with Crippen LogP contribution in [0.25, 0.3) is 0 Å². The van der Waals surface area contributed by atoms with Gasteiger partial charge in [0.05, 0.1) is 11.3 Å². The van der Waals surface area contributed by atoms with Crippen molar-refractivity contribution in [2.24, 2.45) is 5.10 Å². The molecule has 1 saturated heterocycles. The second kappa shape index (κ2) is 8.11. The number of halogens is 3. The number of nitrogens with zero attached hydrogens (tertiary/aromatic N) is 3. The molecule has 8 nitrogen and oxygen atoms in total. The lowest BCUT2D eigenvalue weighted by molar-refractivity contribution is -0.138. The van der Waals surface area contributed by atoms with E-state index in [4.69, 9.17) is 9.47 Å². The molecular formula is C22H27F3N4O4. The monoisotopic (exact) mass is 468 g/mol. The number of piperidine rings is 1. The van der Waals surface area contributed by atoms with Crippen LogP contribution >= 0.6 is 0 Å². The summed E-state index contributed by atoms with van der Waals surface area (Å²) in [4.78, 5) is 27.6. The van der Waals surface area contributed by atoms with Crippen LogP contribution in [0.2, 0.25) is 0 Å². The van der Waals surface area contributed by atoms with E-state index >= 15 is 0 Å². The smallest absolute Gasteiger partial charge is 0.416 e. The molecule has 1 unspecified atom stereocenters. The zero-order chi connectivity index (χ0) is 24.1. The fourth-order valence-corrected chi connectivity index (χ4v) is 4.37. The minimum absolute atomic E-state index is 0.0391. The third kappa shape index (κ3) is 4.58. The van der Waals surface area contributed by atoms with Gasteiger partial charge in [-0.05, 0) is 64.2 Å². The summed E-state index contributed by atoms with van der Waals surface area (Å²) in [6.07, 6.45) is -4.32. The fourth-order valence-electron chi connectivity index (χ4n) is 4.37. The highest BCUT2D eigenvalue weighted by Gasteiger charge is 2.41. The lowest BCUT2D eigenvalue weighted by Gasteiger charge is -2.39. The van der Waals surface area contributed by atoms with E-state index in [2.05, 4.69) is 10.5 Å². The quantitative estimate of drug-likeness (QED) is 0.677. The Labute approximate surface area is 189 Å². The Morgan fingerprint density at radius 2 is 1.88 bits per heavy atom. The summed E-state index contributed by atoms with van der Waals surface area (Å²) < 4.78 is 52.9. The maximum Gasteiger partial charge on any atom is 0.416 e. The summed E-state index contributed by atoms with van der Waals surface area (Å²) in [5, 5.41) is 3.99. The topological polar surface area (TPSA) is 83.5 Å². The van der Waals surface area contributed by atoms with Crippen molar-refractivity contribution in [3.8, 4) is 5.75 Å². The maximum absolute atomic E-state index is 14.0. The number of rotatable bonds is 1. The standard InChI is InChI=1S/C22H27F3N4O4/c1-12-19(30)27-26-18-11-32-17-10-15(22(23,24)25)14(9-16(17)29(12)18)13-5-7-28(8-6-13)20(31)33-21(2,3)4/h9-10,12-13H,5-8,11H2,1-4H3,(H,27,30). The molecule has 0 aromatic heterocycles. The first-order valence-electron chi connectivity index (χ1n) is 10.9. The van der Waals surface area contributed by atoms with Gasteiger partial charge in [0.25, 0.3) is 5.91 Å². The average Bonchev–Trinajstić information content (AvgIpc) is 2.73. The van der Waals surface area contributed by atoms with Gasteiger partial charge in [0.2, 0.25) is 0 Å². The van der Waals surface area contributed by atoms with Crippen LogP contribution in [0.15, 0.2) is 17.2 Å². The van der Waals surface area contributed by atoms with Crippen LogP contribution in [0, 0.1) is 0 Å². The number of ether oxygens (including phenoxy) is 2. The van der Waals surface area contributed by atoms with Gasteiger partial charge in [-0.1, -0.05) is 0 Å². The molecular weight excluding hydrogens is 441 g/mol. The second-order valence-corrected chi connectivity index (χ2v) is 9.49. The van der Waals surface area contributed by atoms with Crippen LogP contribution in [-0.2, 0) is 15.7 Å². The van der Waals surface area contributed by atoms with Gasteiger partial charge < -0.3 is 19.3 Å². The summed E-state index contributed by atoms with van der Waals surface area (Å²) in [6, 6.07) is 1.84. The van der Waals surface area contributed by atoms with E-state index in [1.165, 1.54) is 11.0 Å². The largest absolute Gasteiger partial charge is 0.483 e. The third-order valence-corrected chi connectivity index (χ3v) is 5.98. The Morgan fingerprint density at radius 1 is 1.21 bits per heavy atom. The van der Waals surface area contributed by atoms with E-state index in [9.17, 15) is 22.8 Å². The minimum atomic E-state index is -4.57. The first-order valence-corrected chi connectivity index (χ1v) is 10.9. The number of hydrogen-bond acceptors (Lipinski definition) is 6. The van der Waals surface area contributed by atoms with Gasteiger partial charge in [0.15, 0.2) is 5.84 Å². The summed E-state index contributed by atoms with van der Waals surface area (Å²) >= 11 is 0. The summed E-state index contributed by atoms with van der Waals surface area (Å²) in [5.41, 5.74) is 1.52. The number of anilines is 1. The minimum Gasteiger partial charge on any atom is -0.483 e. The molecule has 0 saturated carbocycles. The van der Waals surface area contributed by atoms with E-state index in [1.807, 2.05) is 0 Å². The van der Waals surface area contributed by atoms with Gasteiger partial charge in [-0.15, -0.1) is 0 Å². The number of amides is 2. The number of fused-ring (bicyclic) bond motifs is 3. The van der Waals surface area contributed by atoms with Crippen molar-refractivity contribution in [3.05, 3.63) is 23.3 Å². The van der Waals surface area contributed by atoms with Crippen molar-refractivity contribution in [2.75, 3.05) is 24.6 Å². The van der Waals surface area contributed by atoms with E-state index in [-0.39, 0.29) is 23.8 Å². The van der Waals surface area contributed by atoms with Gasteiger partial charge in [-0.3, -0.25) is 4.79 Å². The molecule has 0 aliphatic carbocycles. The van der Waals surface area contributed by atoms with E-state index in [1.54, 1.807) is 32.6 Å². The van der Waals surface area contributed by atoms with Crippen molar-refractivity contribution in [2.45, 2.75) is 64.3 Å². The fraction of sp³-hybridized carbons (Fsp3) is 0.591. The molecule has 1 fully saturated rings. The predicted octanol–water partition coefficient (Wildman–Crippen LogP) is 3.85. The van der Waals surface area contributed by atoms with Crippen LogP contribution in [-0.4, -0.2) is 54.1 Å². The van der Waals surface area contributed by atoms with Crippen molar-refractivity contribution in [1.29, 1.82) is 0 Å². The molecule has 0 radical (unpaired) electrons. The van der Waals surface area contributed by atoms with Crippen LogP contribution in [0.5, 0.6) is 5.75 Å². The first-order chi connectivity index (χ1) is 15.3. The SMILES string of the molecule is CC1C(=O)NN=C2COc3cc(C(F)(F)F)c(C4CCN(C(=O)OC(C)(C)C)CC4)cc3N21. The van der Waals surface area contributed by atoms with Crippen LogP contribution in [0.3, 0.4) is 0 Å². The van der Waals surface area contributed by atoms with E-state index in [0.717, 1.165) is 6.07 Å². The molecule has 1 atom stereocenters. The van der Waals surface area contributed by atoms with Gasteiger partial charge in [0.1, 0.15) is 24.0 Å². The van der Waals surface area contributed by atoms with Crippen molar-refractivity contribution >= 4 is 23.5 Å². The second-order valence-electron chi connectivity index (χ2n) is 9.49. The molecule has 2 amide bonds. The predicted molar refractivity (Wildman–Crippen MR) is 114 cm³/mol. The number of carbonyl (C=O) groups is 2. The molecule has 1 N–H and O–H groups in total. The highest BCUT2D eigenvalue weighted by molar-refractivity contribution is 6.09. The van der Waals surface area contributed by atoms with E-state index < -0.39 is 35.4 Å². The van der Waals surface area contributed by atoms with Crippen molar-refractivity contribution in [3.63, 3.8) is 0 Å². The lowest BCUT2D eigenvalue weighted by atomic mass is 9.85. The van der Waals surface area contributed by atoms with Crippen molar-refractivity contribution < 1.29 is 32.2 Å². The highest BCUT2D eigenvalue weighted by atomic mass is 19.4. The normalized spacial score (nSPS) is 21.5. The van der Waals surface area contributed by atoms with Gasteiger partial charge >= 0.3 is 12.3 Å². The number of nitrogens with one attached hydrogen (secondary N) is 1. The Morgan fingerprint density at radius 3 is 2.48 bits per heavy atom. The number of alkyl halides is 3. The van der Waals surface area contributed by atoms with E-state index in [0.29, 0.717) is 37.5 Å². The number of hydrazone groups is 1. The third-order valence-electron chi connectivity index (χ3n) is 5.98. The maximum atomic E-state index is 14.0. The number of hydrogen-bond donors (Lipinski definition) is 1. The van der Waals surface area contributed by atoms with Crippen LogP contribution in [0.1, 0.15) is 57.6 Å². The zero-order valence-electron chi connectivity index (χ0n) is 19.0. The van der Waals surface area contributed by atoms with Gasteiger partial charge in [-0.25, -0.2) is 10.2 Å². The highest BCUT2D eigenvalue weighted by Crippen LogP contribution is 2.46. The molecule has 3 heterocycles. The van der Waals surface area contributed by atoms with Gasteiger partial charge in [0, 0.05) is 13.1 Å². The Hall–Kier alpha value is -2.98. The number of amidine groups is 1. The number of benzene rings is 1. The summed E-state index contributed by atoms with van der Waals surface area (Å²) in [6.45, 7) is 7.50. The van der Waals surface area contributed by atoms with Gasteiger partial charge in [-0.2, -0.15) is 18.3 Å². The number of carbonyl (C=O) groups excluding carboxylic acids is 2. The molecule has 180 valence electrons. The Bertz CT molecular complexity index is 995. The molecule has 11 heteroatoms. The molecule has 1 aromatic carbocycles. The average molecular weight is 468 g/mol. The van der Waals surface area contributed by atoms with Crippen LogP contribution in [0.4, 0.5) is 23.7 Å². The number of likely N-dealkylation sites (tertiary alicyclic amines) is 1. The summed E-state index contributed by atoms with van der Waals surface area (Å²) in [5.74, 6) is -0.265. The molecule has 1 aromatic rings. The Balaban J connectivity index is 1.65. The lowest BCUT2D eigenvalue weighted by Crippen LogP contribution is -2.55. The van der Waals surface area contributed by atoms with Crippen LogP contribution < -0.4 is 15.1 Å².